The van der Waals surface area contributed by atoms with Gasteiger partial charge in [-0.15, -0.1) is 5.10 Å². The Morgan fingerprint density at radius 2 is 2.00 bits per heavy atom. The van der Waals surface area contributed by atoms with E-state index in [0.717, 1.165) is 5.69 Å². The lowest BCUT2D eigenvalue weighted by molar-refractivity contribution is 0.241. The number of nitrogens with one attached hydrogen (secondary N) is 2. The van der Waals surface area contributed by atoms with E-state index in [1.165, 1.54) is 0 Å². The van der Waals surface area contributed by atoms with Gasteiger partial charge in [-0.1, -0.05) is 35.5 Å². The number of aromatic nitrogens is 4. The van der Waals surface area contributed by atoms with Gasteiger partial charge in [-0.05, 0) is 39.3 Å². The third kappa shape index (κ3) is 3.58. The number of nitrogens with zero attached hydrogens (tertiary/aromatic N) is 4. The summed E-state index contributed by atoms with van der Waals surface area (Å²) in [6, 6.07) is 9.32. The van der Waals surface area contributed by atoms with Crippen molar-refractivity contribution in [1.82, 2.24) is 25.5 Å². The standard InChI is InChI=1S/C18H22N6O2/c1-5-14-16(12(2)26-22-14)19-17(25)20-18(3,4)15-11-24(23-21-15)13-9-7-6-8-10-13/h6-11H,5H2,1-4H3,(H2,19,20,25). The van der Waals surface area contributed by atoms with Gasteiger partial charge in [-0.3, -0.25) is 0 Å². The molecule has 0 aliphatic heterocycles. The van der Waals surface area contributed by atoms with Crippen molar-refractivity contribution >= 4 is 11.7 Å². The van der Waals surface area contributed by atoms with E-state index in [0.29, 0.717) is 29.3 Å². The van der Waals surface area contributed by atoms with E-state index in [4.69, 9.17) is 4.52 Å². The van der Waals surface area contributed by atoms with Gasteiger partial charge in [0.05, 0.1) is 17.4 Å². The molecule has 0 saturated carbocycles. The fourth-order valence-electron chi connectivity index (χ4n) is 2.57. The topological polar surface area (TPSA) is 97.9 Å². The predicted octanol–water partition coefficient (Wildman–Crippen LogP) is 3.18. The number of carbonyl (C=O) groups excluding carboxylic acids is 1. The number of amides is 2. The van der Waals surface area contributed by atoms with E-state index < -0.39 is 5.54 Å². The van der Waals surface area contributed by atoms with E-state index in [-0.39, 0.29) is 6.03 Å². The third-order valence-electron chi connectivity index (χ3n) is 4.09. The van der Waals surface area contributed by atoms with E-state index in [9.17, 15) is 4.79 Å². The molecular weight excluding hydrogens is 332 g/mol. The molecule has 0 atom stereocenters. The lowest BCUT2D eigenvalue weighted by Crippen LogP contribution is -2.43. The van der Waals surface area contributed by atoms with Crippen molar-refractivity contribution in [2.75, 3.05) is 5.32 Å². The van der Waals surface area contributed by atoms with Crippen molar-refractivity contribution < 1.29 is 9.32 Å². The molecule has 2 N–H and O–H groups in total. The van der Waals surface area contributed by atoms with Crippen molar-refractivity contribution in [3.8, 4) is 5.69 Å². The van der Waals surface area contributed by atoms with E-state index in [1.807, 2.05) is 51.1 Å². The van der Waals surface area contributed by atoms with Crippen LogP contribution in [0.5, 0.6) is 0 Å². The highest BCUT2D eigenvalue weighted by Gasteiger charge is 2.27. The molecule has 2 amide bonds. The van der Waals surface area contributed by atoms with Crippen molar-refractivity contribution in [2.24, 2.45) is 0 Å². The Labute approximate surface area is 151 Å². The van der Waals surface area contributed by atoms with Gasteiger partial charge < -0.3 is 15.2 Å². The zero-order chi connectivity index (χ0) is 18.7. The van der Waals surface area contributed by atoms with Gasteiger partial charge in [-0.25, -0.2) is 9.48 Å². The first-order valence-corrected chi connectivity index (χ1v) is 8.43. The quantitative estimate of drug-likeness (QED) is 0.733. The predicted molar refractivity (Wildman–Crippen MR) is 97.2 cm³/mol. The van der Waals surface area contributed by atoms with Gasteiger partial charge in [0.25, 0.3) is 0 Å². The summed E-state index contributed by atoms with van der Waals surface area (Å²) in [7, 11) is 0. The Morgan fingerprint density at radius 1 is 1.27 bits per heavy atom. The molecule has 0 saturated heterocycles. The van der Waals surface area contributed by atoms with E-state index in [1.54, 1.807) is 17.8 Å². The van der Waals surface area contributed by atoms with Crippen LogP contribution >= 0.6 is 0 Å². The van der Waals surface area contributed by atoms with Crippen LogP contribution < -0.4 is 10.6 Å². The van der Waals surface area contributed by atoms with Gasteiger partial charge in [0.15, 0.2) is 5.76 Å². The summed E-state index contributed by atoms with van der Waals surface area (Å²) in [5.41, 5.74) is 2.15. The molecule has 0 unspecified atom stereocenters. The molecule has 2 heterocycles. The molecule has 0 aliphatic rings. The number of para-hydroxylation sites is 1. The Morgan fingerprint density at radius 3 is 2.69 bits per heavy atom. The van der Waals surface area contributed by atoms with Crippen molar-refractivity contribution in [3.63, 3.8) is 0 Å². The number of hydrogen-bond acceptors (Lipinski definition) is 5. The molecular formula is C18H22N6O2. The van der Waals surface area contributed by atoms with Crippen LogP contribution in [0.1, 0.15) is 37.9 Å². The maximum Gasteiger partial charge on any atom is 0.320 e. The summed E-state index contributed by atoms with van der Waals surface area (Å²) >= 11 is 0. The SMILES string of the molecule is CCc1noc(C)c1NC(=O)NC(C)(C)c1cn(-c2ccccc2)nn1. The average molecular weight is 354 g/mol. The molecule has 3 aromatic rings. The highest BCUT2D eigenvalue weighted by atomic mass is 16.5. The molecule has 8 heteroatoms. The number of urea groups is 1. The summed E-state index contributed by atoms with van der Waals surface area (Å²) < 4.78 is 6.81. The summed E-state index contributed by atoms with van der Waals surface area (Å²) in [4.78, 5) is 12.4. The highest BCUT2D eigenvalue weighted by molar-refractivity contribution is 5.90. The molecule has 0 bridgehead atoms. The van der Waals surface area contributed by atoms with Crippen LogP contribution in [0, 0.1) is 6.92 Å². The number of benzene rings is 1. The number of rotatable bonds is 5. The molecule has 0 radical (unpaired) electrons. The first kappa shape index (κ1) is 17.7. The summed E-state index contributed by atoms with van der Waals surface area (Å²) in [6.45, 7) is 7.45. The number of hydrogen-bond donors (Lipinski definition) is 2. The highest BCUT2D eigenvalue weighted by Crippen LogP contribution is 2.22. The maximum atomic E-state index is 12.4. The molecule has 0 aliphatic carbocycles. The zero-order valence-electron chi connectivity index (χ0n) is 15.3. The summed E-state index contributed by atoms with van der Waals surface area (Å²) in [5, 5.41) is 18.0. The Balaban J connectivity index is 1.73. The van der Waals surface area contributed by atoms with Crippen LogP contribution in [-0.2, 0) is 12.0 Å². The first-order chi connectivity index (χ1) is 12.4. The Hall–Kier alpha value is -3.16. The Kier molecular flexibility index (Phi) is 4.75. The molecule has 3 rings (SSSR count). The smallest absolute Gasteiger partial charge is 0.320 e. The molecule has 136 valence electrons. The first-order valence-electron chi connectivity index (χ1n) is 8.43. The molecule has 1 aromatic carbocycles. The molecule has 0 spiro atoms. The number of carbonyl (C=O) groups is 1. The second-order valence-corrected chi connectivity index (χ2v) is 6.50. The van der Waals surface area contributed by atoms with Crippen LogP contribution in [-0.4, -0.2) is 26.2 Å². The number of aryl methyl sites for hydroxylation is 2. The minimum Gasteiger partial charge on any atom is -0.359 e. The summed E-state index contributed by atoms with van der Waals surface area (Å²) in [6.07, 6.45) is 2.47. The van der Waals surface area contributed by atoms with Gasteiger partial charge in [-0.2, -0.15) is 0 Å². The van der Waals surface area contributed by atoms with E-state index >= 15 is 0 Å². The minimum atomic E-state index is -0.714. The number of anilines is 1. The Bertz CT molecular complexity index is 898. The van der Waals surface area contributed by atoms with Crippen molar-refractivity contribution in [2.45, 2.75) is 39.7 Å². The minimum absolute atomic E-state index is 0.356. The lowest BCUT2D eigenvalue weighted by atomic mass is 10.0. The maximum absolute atomic E-state index is 12.4. The van der Waals surface area contributed by atoms with Crippen LogP contribution in [0.25, 0.3) is 5.69 Å². The molecule has 2 aromatic heterocycles. The normalized spacial score (nSPS) is 11.4. The van der Waals surface area contributed by atoms with Crippen molar-refractivity contribution in [3.05, 3.63) is 53.7 Å². The van der Waals surface area contributed by atoms with Crippen LogP contribution in [0.3, 0.4) is 0 Å². The molecule has 26 heavy (non-hydrogen) atoms. The van der Waals surface area contributed by atoms with Gasteiger partial charge in [0.2, 0.25) is 0 Å². The van der Waals surface area contributed by atoms with Gasteiger partial charge in [0.1, 0.15) is 17.1 Å². The van der Waals surface area contributed by atoms with Crippen LogP contribution in [0.4, 0.5) is 10.5 Å². The molecule has 0 fully saturated rings. The fourth-order valence-corrected chi connectivity index (χ4v) is 2.57. The largest absolute Gasteiger partial charge is 0.359 e. The van der Waals surface area contributed by atoms with E-state index in [2.05, 4.69) is 26.1 Å². The summed E-state index contributed by atoms with van der Waals surface area (Å²) in [5.74, 6) is 0.574. The second-order valence-electron chi connectivity index (χ2n) is 6.50. The van der Waals surface area contributed by atoms with Gasteiger partial charge >= 0.3 is 6.03 Å². The van der Waals surface area contributed by atoms with Crippen LogP contribution in [0.15, 0.2) is 41.1 Å². The zero-order valence-corrected chi connectivity index (χ0v) is 15.3. The van der Waals surface area contributed by atoms with Crippen molar-refractivity contribution in [1.29, 1.82) is 0 Å². The average Bonchev–Trinajstić information content (AvgIpc) is 3.24. The second kappa shape index (κ2) is 6.99. The lowest BCUT2D eigenvalue weighted by Gasteiger charge is -2.23. The van der Waals surface area contributed by atoms with Crippen LogP contribution in [0.2, 0.25) is 0 Å². The third-order valence-corrected chi connectivity index (χ3v) is 4.09. The molecule has 8 nitrogen and oxygen atoms in total. The monoisotopic (exact) mass is 354 g/mol. The van der Waals surface area contributed by atoms with Gasteiger partial charge in [0, 0.05) is 0 Å². The fraction of sp³-hybridized carbons (Fsp3) is 0.333.